The number of aliphatic hydroxyl groups excluding tert-OH is 1. The van der Waals surface area contributed by atoms with E-state index in [2.05, 4.69) is 30.6 Å². The van der Waals surface area contributed by atoms with E-state index in [0.29, 0.717) is 11.4 Å². The summed E-state index contributed by atoms with van der Waals surface area (Å²) in [6.07, 6.45) is 0.615. The van der Waals surface area contributed by atoms with Gasteiger partial charge in [0.25, 0.3) is 11.5 Å². The number of H-pyrrole nitrogens is 1. The van der Waals surface area contributed by atoms with Crippen molar-refractivity contribution in [3.8, 4) is 0 Å². The molecule has 0 fully saturated rings. The minimum atomic E-state index is -1.84. The van der Waals surface area contributed by atoms with Crippen LogP contribution in [-0.2, 0) is 16.1 Å². The van der Waals surface area contributed by atoms with Gasteiger partial charge in [-0.05, 0) is 30.7 Å². The molecule has 1 aromatic carbocycles. The molecular formula is C21H24N8O6. The van der Waals surface area contributed by atoms with Crippen molar-refractivity contribution in [2.45, 2.75) is 31.3 Å². The molecule has 0 aliphatic carbocycles. The van der Waals surface area contributed by atoms with Crippen LogP contribution in [0.15, 0.2) is 35.3 Å². The first kappa shape index (κ1) is 25.0. The van der Waals surface area contributed by atoms with Gasteiger partial charge in [-0.15, -0.1) is 0 Å². The van der Waals surface area contributed by atoms with E-state index < -0.39 is 35.5 Å². The molecular weight excluding hydrogens is 460 g/mol. The largest absolute Gasteiger partial charge is 0.480 e. The van der Waals surface area contributed by atoms with Gasteiger partial charge in [0.1, 0.15) is 5.54 Å². The maximum Gasteiger partial charge on any atom is 0.329 e. The van der Waals surface area contributed by atoms with Crippen molar-refractivity contribution >= 4 is 40.6 Å². The van der Waals surface area contributed by atoms with Crippen molar-refractivity contribution in [2.75, 3.05) is 17.7 Å². The molecule has 0 spiro atoms. The van der Waals surface area contributed by atoms with E-state index in [4.69, 9.17) is 11.5 Å². The van der Waals surface area contributed by atoms with Gasteiger partial charge in [-0.1, -0.05) is 0 Å². The molecule has 0 saturated carbocycles. The van der Waals surface area contributed by atoms with Gasteiger partial charge in [0.15, 0.2) is 11.2 Å². The highest BCUT2D eigenvalue weighted by molar-refractivity contribution is 5.98. The maximum absolute atomic E-state index is 12.7. The summed E-state index contributed by atoms with van der Waals surface area (Å²) in [5.74, 6) is -2.85. The second-order valence-corrected chi connectivity index (χ2v) is 7.70. The highest BCUT2D eigenvalue weighted by Gasteiger charge is 2.39. The molecule has 0 aliphatic heterocycles. The number of primary amides is 1. The third-order valence-corrected chi connectivity index (χ3v) is 5.21. The van der Waals surface area contributed by atoms with Crippen molar-refractivity contribution in [2.24, 2.45) is 5.73 Å². The molecule has 35 heavy (non-hydrogen) atoms. The molecule has 1 atom stereocenters. The fourth-order valence-electron chi connectivity index (χ4n) is 3.32. The monoisotopic (exact) mass is 484 g/mol. The number of carboxylic acid groups (broad SMARTS) is 1. The number of carbonyl (C=O) groups excluding carboxylic acids is 2. The summed E-state index contributed by atoms with van der Waals surface area (Å²) in [6, 6.07) is 6.13. The summed E-state index contributed by atoms with van der Waals surface area (Å²) in [5, 5.41) is 24.4. The Bertz CT molecular complexity index is 1310. The van der Waals surface area contributed by atoms with E-state index in [0.717, 1.165) is 0 Å². The lowest BCUT2D eigenvalue weighted by atomic mass is 9.89. The first-order chi connectivity index (χ1) is 16.6. The van der Waals surface area contributed by atoms with Gasteiger partial charge in [0.05, 0.1) is 18.4 Å². The van der Waals surface area contributed by atoms with Gasteiger partial charge >= 0.3 is 5.97 Å². The van der Waals surface area contributed by atoms with E-state index in [1.54, 1.807) is 12.1 Å². The lowest BCUT2D eigenvalue weighted by molar-refractivity contribution is -0.145. The van der Waals surface area contributed by atoms with Gasteiger partial charge in [-0.3, -0.25) is 19.4 Å². The van der Waals surface area contributed by atoms with E-state index in [9.17, 15) is 29.4 Å². The minimum absolute atomic E-state index is 0.0478. The van der Waals surface area contributed by atoms with Crippen LogP contribution in [0.2, 0.25) is 0 Å². The first-order valence-corrected chi connectivity index (χ1v) is 10.4. The Balaban J connectivity index is 1.69. The lowest BCUT2D eigenvalue weighted by Crippen LogP contribution is -2.55. The molecule has 3 rings (SSSR count). The number of aliphatic hydroxyl groups is 1. The van der Waals surface area contributed by atoms with Crippen LogP contribution in [0.3, 0.4) is 0 Å². The van der Waals surface area contributed by atoms with Gasteiger partial charge in [-0.25, -0.2) is 14.8 Å². The number of nitrogens with two attached hydrogens (primary N) is 2. The number of carbonyl (C=O) groups is 3. The third-order valence-electron chi connectivity index (χ3n) is 5.21. The molecule has 14 nitrogen and oxygen atoms in total. The van der Waals surface area contributed by atoms with E-state index in [-0.39, 0.29) is 48.5 Å². The van der Waals surface area contributed by atoms with Crippen LogP contribution in [0, 0.1) is 0 Å². The molecule has 14 heteroatoms. The lowest BCUT2D eigenvalue weighted by Gasteiger charge is -2.29. The van der Waals surface area contributed by atoms with Crippen LogP contribution in [0.4, 0.5) is 11.6 Å². The Morgan fingerprint density at radius 3 is 2.46 bits per heavy atom. The zero-order valence-electron chi connectivity index (χ0n) is 18.4. The SMILES string of the molecule is NC(=O)CC[C@](CCO)(NC(=O)c1ccc(NCc2cnc3nc(N)[nH]c(=O)c3n2)cc1)C(=O)O. The zero-order chi connectivity index (χ0) is 25.6. The highest BCUT2D eigenvalue weighted by atomic mass is 16.4. The number of aromatic nitrogens is 4. The molecule has 184 valence electrons. The predicted molar refractivity (Wildman–Crippen MR) is 124 cm³/mol. The molecule has 0 bridgehead atoms. The Hall–Kier alpha value is -4.59. The topological polar surface area (TPSA) is 239 Å². The number of amides is 2. The summed E-state index contributed by atoms with van der Waals surface area (Å²) in [6.45, 7) is -0.300. The average Bonchev–Trinajstić information content (AvgIpc) is 2.81. The Kier molecular flexibility index (Phi) is 7.56. The molecule has 0 aliphatic rings. The van der Waals surface area contributed by atoms with E-state index >= 15 is 0 Å². The first-order valence-electron chi connectivity index (χ1n) is 10.4. The van der Waals surface area contributed by atoms with E-state index in [1.165, 1.54) is 18.3 Å². The molecule has 2 amide bonds. The molecule has 0 unspecified atom stereocenters. The van der Waals surface area contributed by atoms with Crippen LogP contribution in [-0.4, -0.2) is 60.1 Å². The second-order valence-electron chi connectivity index (χ2n) is 7.70. The minimum Gasteiger partial charge on any atom is -0.480 e. The van der Waals surface area contributed by atoms with Crippen molar-refractivity contribution in [1.82, 2.24) is 25.3 Å². The number of benzene rings is 1. The molecule has 9 N–H and O–H groups in total. The zero-order valence-corrected chi connectivity index (χ0v) is 18.4. The summed E-state index contributed by atoms with van der Waals surface area (Å²) in [5.41, 5.74) is 9.66. The number of anilines is 2. The van der Waals surface area contributed by atoms with Crippen molar-refractivity contribution < 1.29 is 24.6 Å². The maximum atomic E-state index is 12.7. The molecule has 2 heterocycles. The fourth-order valence-corrected chi connectivity index (χ4v) is 3.32. The van der Waals surface area contributed by atoms with Crippen LogP contribution >= 0.6 is 0 Å². The number of aromatic amines is 1. The van der Waals surface area contributed by atoms with Crippen LogP contribution in [0.5, 0.6) is 0 Å². The summed E-state index contributed by atoms with van der Waals surface area (Å²) >= 11 is 0. The quantitative estimate of drug-likeness (QED) is 0.176. The van der Waals surface area contributed by atoms with Gasteiger partial charge < -0.3 is 32.3 Å². The van der Waals surface area contributed by atoms with Crippen LogP contribution in [0.1, 0.15) is 35.3 Å². The van der Waals surface area contributed by atoms with Gasteiger partial charge in [-0.2, -0.15) is 4.98 Å². The molecule has 2 aromatic heterocycles. The normalized spacial score (nSPS) is 12.6. The van der Waals surface area contributed by atoms with E-state index in [1.807, 2.05) is 0 Å². The number of nitrogen functional groups attached to an aromatic ring is 1. The highest BCUT2D eigenvalue weighted by Crippen LogP contribution is 2.20. The number of hydrogen-bond donors (Lipinski definition) is 7. The fraction of sp³-hybridized carbons (Fsp3) is 0.286. The standard InChI is InChI=1S/C21H24N8O6/c22-14(31)5-6-21(7-8-30,19(34)35)29-17(32)11-1-3-12(4-2-11)24-9-13-10-25-16-15(26-13)18(33)28-20(23)27-16/h1-4,10,24,30H,5-9H2,(H2,22,31)(H,29,32)(H,34,35)(H3,23,25,27,28,33)/t21-/m1/s1. The third kappa shape index (κ3) is 6.05. The molecule has 0 saturated heterocycles. The predicted octanol–water partition coefficient (Wildman–Crippen LogP) is -0.891. The second kappa shape index (κ2) is 10.6. The summed E-state index contributed by atoms with van der Waals surface area (Å²) < 4.78 is 0. The van der Waals surface area contributed by atoms with Crippen molar-refractivity contribution in [1.29, 1.82) is 0 Å². The summed E-state index contributed by atoms with van der Waals surface area (Å²) in [7, 11) is 0. The Labute approximate surface area is 197 Å². The molecule has 0 radical (unpaired) electrons. The number of rotatable bonds is 11. The Morgan fingerprint density at radius 1 is 1.11 bits per heavy atom. The Morgan fingerprint density at radius 2 is 1.83 bits per heavy atom. The number of nitrogens with zero attached hydrogens (tertiary/aromatic N) is 3. The van der Waals surface area contributed by atoms with Gasteiger partial charge in [0.2, 0.25) is 11.9 Å². The smallest absolute Gasteiger partial charge is 0.329 e. The number of aliphatic carboxylic acids is 1. The number of fused-ring (bicyclic) bond motifs is 1. The number of hydrogen-bond acceptors (Lipinski definition) is 10. The van der Waals surface area contributed by atoms with Gasteiger partial charge in [0, 0.05) is 30.7 Å². The number of nitrogens with one attached hydrogen (secondary N) is 3. The van der Waals surface area contributed by atoms with Crippen LogP contribution < -0.4 is 27.7 Å². The van der Waals surface area contributed by atoms with Crippen molar-refractivity contribution in [3.63, 3.8) is 0 Å². The summed E-state index contributed by atoms with van der Waals surface area (Å²) in [4.78, 5) is 62.2. The molecule has 3 aromatic rings. The van der Waals surface area contributed by atoms with Crippen LogP contribution in [0.25, 0.3) is 11.2 Å². The van der Waals surface area contributed by atoms with Crippen molar-refractivity contribution in [3.05, 3.63) is 52.1 Å². The average molecular weight is 484 g/mol. The number of carboxylic acids is 1.